The Morgan fingerprint density at radius 2 is 1.89 bits per heavy atom. The molecule has 18 heavy (non-hydrogen) atoms. The molecule has 1 aromatic rings. The topological polar surface area (TPSA) is 23.6 Å². The fraction of sp³-hybridized carbons (Fsp3) is 0.533. The van der Waals surface area contributed by atoms with Gasteiger partial charge in [-0.15, -0.1) is 0 Å². The fourth-order valence-corrected chi connectivity index (χ4v) is 3.23. The highest BCUT2D eigenvalue weighted by Gasteiger charge is 2.32. The summed E-state index contributed by atoms with van der Waals surface area (Å²) in [4.78, 5) is 15.8. The van der Waals surface area contributed by atoms with E-state index < -0.39 is 0 Å². The Labute approximate surface area is 108 Å². The van der Waals surface area contributed by atoms with Crippen LogP contribution in [0.2, 0.25) is 0 Å². The summed E-state index contributed by atoms with van der Waals surface area (Å²) in [6.07, 6.45) is 5.49. The predicted octanol–water partition coefficient (Wildman–Crippen LogP) is 2.13. The van der Waals surface area contributed by atoms with Gasteiger partial charge in [0.2, 0.25) is 0 Å². The average Bonchev–Trinajstić information content (AvgIpc) is 2.89. The molecule has 3 nitrogen and oxygen atoms in total. The standard InChI is InChI=1S/C15H20N2O/c18-12-14-6-4-13(5-7-14)11-17-10-2-9-16-8-1-3-15(16)17/h4-7,12,15H,1-3,8-11H2. The van der Waals surface area contributed by atoms with Crippen LogP contribution in [0, 0.1) is 0 Å². The summed E-state index contributed by atoms with van der Waals surface area (Å²) in [5.41, 5.74) is 2.08. The molecule has 3 rings (SSSR count). The van der Waals surface area contributed by atoms with Crippen molar-refractivity contribution in [1.29, 1.82) is 0 Å². The summed E-state index contributed by atoms with van der Waals surface area (Å²) in [5, 5.41) is 0. The van der Waals surface area contributed by atoms with Gasteiger partial charge in [-0.1, -0.05) is 24.3 Å². The average molecular weight is 244 g/mol. The second kappa shape index (κ2) is 5.21. The molecule has 1 aromatic carbocycles. The first kappa shape index (κ1) is 11.9. The number of benzene rings is 1. The van der Waals surface area contributed by atoms with Crippen LogP contribution in [0.1, 0.15) is 35.2 Å². The molecule has 2 aliphatic rings. The minimum atomic E-state index is 0.657. The first-order chi connectivity index (χ1) is 8.86. The van der Waals surface area contributed by atoms with E-state index in [9.17, 15) is 4.79 Å². The molecule has 2 heterocycles. The maximum atomic E-state index is 10.6. The van der Waals surface area contributed by atoms with Gasteiger partial charge in [-0.05, 0) is 31.4 Å². The molecule has 1 atom stereocenters. The molecule has 0 spiro atoms. The van der Waals surface area contributed by atoms with E-state index in [1.165, 1.54) is 44.5 Å². The van der Waals surface area contributed by atoms with Crippen LogP contribution in [0.5, 0.6) is 0 Å². The van der Waals surface area contributed by atoms with E-state index in [4.69, 9.17) is 0 Å². The zero-order valence-electron chi connectivity index (χ0n) is 10.7. The minimum Gasteiger partial charge on any atom is -0.298 e. The van der Waals surface area contributed by atoms with Gasteiger partial charge in [0.05, 0.1) is 6.17 Å². The number of rotatable bonds is 3. The van der Waals surface area contributed by atoms with Crippen LogP contribution < -0.4 is 0 Å². The van der Waals surface area contributed by atoms with Crippen molar-refractivity contribution in [2.75, 3.05) is 19.6 Å². The molecule has 0 aliphatic carbocycles. The third-order valence-electron chi connectivity index (χ3n) is 4.14. The molecular formula is C15H20N2O. The first-order valence-corrected chi connectivity index (χ1v) is 6.89. The smallest absolute Gasteiger partial charge is 0.150 e. The maximum Gasteiger partial charge on any atom is 0.150 e. The Hall–Kier alpha value is -1.19. The number of nitrogens with zero attached hydrogens (tertiary/aromatic N) is 2. The number of carbonyl (C=O) groups excluding carboxylic acids is 1. The number of hydrogen-bond acceptors (Lipinski definition) is 3. The lowest BCUT2D eigenvalue weighted by Crippen LogP contribution is -2.49. The van der Waals surface area contributed by atoms with Crippen LogP contribution in [0.25, 0.3) is 0 Å². The normalized spacial score (nSPS) is 25.0. The zero-order chi connectivity index (χ0) is 12.4. The van der Waals surface area contributed by atoms with E-state index in [1.807, 2.05) is 12.1 Å². The van der Waals surface area contributed by atoms with Crippen molar-refractivity contribution >= 4 is 6.29 Å². The second-order valence-corrected chi connectivity index (χ2v) is 5.34. The van der Waals surface area contributed by atoms with E-state index in [0.29, 0.717) is 6.17 Å². The molecule has 96 valence electrons. The van der Waals surface area contributed by atoms with E-state index in [-0.39, 0.29) is 0 Å². The molecule has 0 aromatic heterocycles. The Balaban J connectivity index is 1.68. The number of carbonyl (C=O) groups is 1. The van der Waals surface area contributed by atoms with E-state index in [2.05, 4.69) is 21.9 Å². The molecule has 0 N–H and O–H groups in total. The first-order valence-electron chi connectivity index (χ1n) is 6.89. The van der Waals surface area contributed by atoms with E-state index >= 15 is 0 Å². The van der Waals surface area contributed by atoms with Crippen molar-refractivity contribution in [1.82, 2.24) is 9.80 Å². The van der Waals surface area contributed by atoms with Crippen molar-refractivity contribution < 1.29 is 4.79 Å². The van der Waals surface area contributed by atoms with Gasteiger partial charge >= 0.3 is 0 Å². The molecule has 3 heteroatoms. The Bertz CT molecular complexity index is 415. The molecule has 2 fully saturated rings. The van der Waals surface area contributed by atoms with Crippen LogP contribution in [-0.2, 0) is 6.54 Å². The summed E-state index contributed by atoms with van der Waals surface area (Å²) in [7, 11) is 0. The second-order valence-electron chi connectivity index (χ2n) is 5.34. The van der Waals surface area contributed by atoms with Crippen molar-refractivity contribution in [3.8, 4) is 0 Å². The minimum absolute atomic E-state index is 0.657. The Kier molecular flexibility index (Phi) is 3.43. The van der Waals surface area contributed by atoms with Crippen molar-refractivity contribution in [3.63, 3.8) is 0 Å². The van der Waals surface area contributed by atoms with E-state index in [1.54, 1.807) is 0 Å². The number of fused-ring (bicyclic) bond motifs is 1. The van der Waals surface area contributed by atoms with Gasteiger partial charge in [0.15, 0.2) is 0 Å². The van der Waals surface area contributed by atoms with Crippen molar-refractivity contribution in [3.05, 3.63) is 35.4 Å². The van der Waals surface area contributed by atoms with Crippen molar-refractivity contribution in [2.45, 2.75) is 32.0 Å². The molecule has 2 aliphatic heterocycles. The summed E-state index contributed by atoms with van der Waals surface area (Å²) < 4.78 is 0. The molecule has 2 saturated heterocycles. The van der Waals surface area contributed by atoms with Gasteiger partial charge in [-0.25, -0.2) is 0 Å². The van der Waals surface area contributed by atoms with Gasteiger partial charge in [-0.3, -0.25) is 14.6 Å². The van der Waals surface area contributed by atoms with Gasteiger partial charge in [0.1, 0.15) is 6.29 Å². The lowest BCUT2D eigenvalue weighted by atomic mass is 10.1. The number of aldehydes is 1. The van der Waals surface area contributed by atoms with Crippen LogP contribution in [0.3, 0.4) is 0 Å². The van der Waals surface area contributed by atoms with Crippen molar-refractivity contribution in [2.24, 2.45) is 0 Å². The summed E-state index contributed by atoms with van der Waals surface area (Å²) in [5.74, 6) is 0. The molecule has 0 saturated carbocycles. The third kappa shape index (κ3) is 2.33. The Morgan fingerprint density at radius 3 is 2.67 bits per heavy atom. The summed E-state index contributed by atoms with van der Waals surface area (Å²) >= 11 is 0. The van der Waals surface area contributed by atoms with Gasteiger partial charge in [-0.2, -0.15) is 0 Å². The molecule has 0 radical (unpaired) electrons. The Morgan fingerprint density at radius 1 is 1.11 bits per heavy atom. The van der Waals surface area contributed by atoms with Crippen LogP contribution >= 0.6 is 0 Å². The molecule has 0 bridgehead atoms. The summed E-state index contributed by atoms with van der Waals surface area (Å²) in [6, 6.07) is 7.99. The zero-order valence-corrected chi connectivity index (χ0v) is 10.7. The quantitative estimate of drug-likeness (QED) is 0.761. The largest absolute Gasteiger partial charge is 0.298 e. The molecule has 0 amide bonds. The highest BCUT2D eigenvalue weighted by atomic mass is 16.1. The predicted molar refractivity (Wildman–Crippen MR) is 71.5 cm³/mol. The number of hydrogen-bond donors (Lipinski definition) is 0. The maximum absolute atomic E-state index is 10.6. The third-order valence-corrected chi connectivity index (χ3v) is 4.14. The van der Waals surface area contributed by atoms with Crippen LogP contribution in [-0.4, -0.2) is 41.9 Å². The van der Waals surface area contributed by atoms with Gasteiger partial charge < -0.3 is 0 Å². The van der Waals surface area contributed by atoms with Crippen LogP contribution in [0.15, 0.2) is 24.3 Å². The fourth-order valence-electron chi connectivity index (χ4n) is 3.23. The SMILES string of the molecule is O=Cc1ccc(CN2CCCN3CCCC32)cc1. The summed E-state index contributed by atoms with van der Waals surface area (Å²) in [6.45, 7) is 4.76. The lowest BCUT2D eigenvalue weighted by molar-refractivity contribution is 0.0287. The highest BCUT2D eigenvalue weighted by Crippen LogP contribution is 2.26. The van der Waals surface area contributed by atoms with E-state index in [0.717, 1.165) is 18.4 Å². The monoisotopic (exact) mass is 244 g/mol. The van der Waals surface area contributed by atoms with Gasteiger partial charge in [0.25, 0.3) is 0 Å². The van der Waals surface area contributed by atoms with Gasteiger partial charge in [0, 0.05) is 25.2 Å². The highest BCUT2D eigenvalue weighted by molar-refractivity contribution is 5.74. The molecular weight excluding hydrogens is 224 g/mol. The molecule has 1 unspecified atom stereocenters. The lowest BCUT2D eigenvalue weighted by Gasteiger charge is -2.40. The van der Waals surface area contributed by atoms with Crippen LogP contribution in [0.4, 0.5) is 0 Å².